The van der Waals surface area contributed by atoms with Gasteiger partial charge < -0.3 is 0 Å². The molecule has 0 bridgehead atoms. The van der Waals surface area contributed by atoms with Crippen LogP contribution in [-0.2, 0) is 4.84 Å². The molecule has 2 heteroatoms. The fourth-order valence-electron chi connectivity index (χ4n) is 3.52. The van der Waals surface area contributed by atoms with E-state index in [0.29, 0.717) is 11.5 Å². The van der Waals surface area contributed by atoms with E-state index in [1.54, 1.807) is 0 Å². The van der Waals surface area contributed by atoms with Crippen molar-refractivity contribution < 1.29 is 4.84 Å². The van der Waals surface area contributed by atoms with Crippen LogP contribution in [0.5, 0.6) is 0 Å². The second kappa shape index (κ2) is 6.38. The Kier molecular flexibility index (Phi) is 5.08. The minimum absolute atomic E-state index is 0.496. The van der Waals surface area contributed by atoms with E-state index in [0.717, 1.165) is 18.4 Å². The van der Waals surface area contributed by atoms with Gasteiger partial charge in [-0.3, -0.25) is 4.84 Å². The molecule has 2 fully saturated rings. The Hall–Kier alpha value is -0.0800. The zero-order valence-corrected chi connectivity index (χ0v) is 12.5. The Morgan fingerprint density at radius 1 is 0.944 bits per heavy atom. The smallest absolute Gasteiger partial charge is 0.0790 e. The van der Waals surface area contributed by atoms with Crippen LogP contribution in [0.3, 0.4) is 0 Å². The summed E-state index contributed by atoms with van der Waals surface area (Å²) >= 11 is 0. The first kappa shape index (κ1) is 14.3. The normalized spacial score (nSPS) is 30.8. The first-order valence-corrected chi connectivity index (χ1v) is 7.94. The summed E-state index contributed by atoms with van der Waals surface area (Å²) in [6.07, 6.45) is 11.3. The average molecular weight is 253 g/mol. The van der Waals surface area contributed by atoms with Gasteiger partial charge in [-0.15, -0.1) is 0 Å². The first-order valence-electron chi connectivity index (χ1n) is 7.94. The lowest BCUT2D eigenvalue weighted by molar-refractivity contribution is -0.0307. The van der Waals surface area contributed by atoms with Crippen molar-refractivity contribution in [3.63, 3.8) is 0 Å². The van der Waals surface area contributed by atoms with E-state index in [1.165, 1.54) is 51.4 Å². The maximum atomic E-state index is 5.75. The van der Waals surface area contributed by atoms with Crippen LogP contribution in [0.15, 0.2) is 0 Å². The van der Waals surface area contributed by atoms with E-state index in [1.807, 2.05) is 0 Å². The molecule has 0 heterocycles. The predicted molar refractivity (Wildman–Crippen MR) is 76.2 cm³/mol. The highest BCUT2D eigenvalue weighted by Gasteiger charge is 2.29. The van der Waals surface area contributed by atoms with E-state index in [4.69, 9.17) is 4.84 Å². The Labute approximate surface area is 113 Å². The highest BCUT2D eigenvalue weighted by atomic mass is 16.7. The molecule has 0 spiro atoms. The van der Waals surface area contributed by atoms with Crippen molar-refractivity contribution in [3.8, 4) is 0 Å². The van der Waals surface area contributed by atoms with Crippen LogP contribution in [0.4, 0.5) is 0 Å². The summed E-state index contributed by atoms with van der Waals surface area (Å²) in [5.74, 6) is 1.76. The second-order valence-electron chi connectivity index (χ2n) is 7.46. The Morgan fingerprint density at radius 3 is 2.11 bits per heavy atom. The van der Waals surface area contributed by atoms with Crippen LogP contribution < -0.4 is 5.48 Å². The van der Waals surface area contributed by atoms with Gasteiger partial charge in [0.25, 0.3) is 0 Å². The summed E-state index contributed by atoms with van der Waals surface area (Å²) in [6, 6.07) is 0. The second-order valence-corrected chi connectivity index (χ2v) is 7.46. The van der Waals surface area contributed by atoms with Crippen LogP contribution in [0, 0.1) is 17.3 Å². The zero-order chi connectivity index (χ0) is 13.0. The van der Waals surface area contributed by atoms with E-state index >= 15 is 0 Å². The molecule has 1 N–H and O–H groups in total. The summed E-state index contributed by atoms with van der Waals surface area (Å²) in [5.41, 5.74) is 3.75. The van der Waals surface area contributed by atoms with Crippen molar-refractivity contribution in [2.24, 2.45) is 17.3 Å². The number of hydroxylamine groups is 1. The first-order chi connectivity index (χ1) is 8.55. The Balaban J connectivity index is 1.58. The molecular weight excluding hydrogens is 222 g/mol. The molecule has 0 amide bonds. The van der Waals surface area contributed by atoms with E-state index in [9.17, 15) is 0 Å². The van der Waals surface area contributed by atoms with E-state index in [2.05, 4.69) is 26.3 Å². The van der Waals surface area contributed by atoms with Gasteiger partial charge in [-0.2, -0.15) is 0 Å². The molecule has 106 valence electrons. The highest BCUT2D eigenvalue weighted by Crippen LogP contribution is 2.39. The summed E-state index contributed by atoms with van der Waals surface area (Å²) < 4.78 is 0. The average Bonchev–Trinajstić information content (AvgIpc) is 2.82. The molecule has 0 saturated heterocycles. The van der Waals surface area contributed by atoms with Crippen LogP contribution in [0.25, 0.3) is 0 Å². The van der Waals surface area contributed by atoms with Crippen molar-refractivity contribution in [1.29, 1.82) is 0 Å². The molecule has 0 radical (unpaired) electrons. The van der Waals surface area contributed by atoms with Gasteiger partial charge in [0.15, 0.2) is 0 Å². The van der Waals surface area contributed by atoms with E-state index in [-0.39, 0.29) is 0 Å². The molecule has 0 unspecified atom stereocenters. The number of hydrogen-bond acceptors (Lipinski definition) is 2. The van der Waals surface area contributed by atoms with Gasteiger partial charge in [0.1, 0.15) is 0 Å². The van der Waals surface area contributed by atoms with Crippen LogP contribution in [0.1, 0.15) is 72.1 Å². The van der Waals surface area contributed by atoms with E-state index < -0.39 is 0 Å². The van der Waals surface area contributed by atoms with Gasteiger partial charge in [0.05, 0.1) is 6.10 Å². The summed E-state index contributed by atoms with van der Waals surface area (Å²) in [7, 11) is 0. The molecule has 2 aliphatic rings. The maximum Gasteiger partial charge on any atom is 0.0790 e. The Morgan fingerprint density at radius 2 is 1.56 bits per heavy atom. The summed E-state index contributed by atoms with van der Waals surface area (Å²) in [4.78, 5) is 5.75. The fraction of sp³-hybridized carbons (Fsp3) is 1.00. The third kappa shape index (κ3) is 4.24. The van der Waals surface area contributed by atoms with Crippen molar-refractivity contribution >= 4 is 0 Å². The number of rotatable bonds is 4. The quantitative estimate of drug-likeness (QED) is 0.754. The van der Waals surface area contributed by atoms with Crippen molar-refractivity contribution in [3.05, 3.63) is 0 Å². The molecule has 0 aromatic carbocycles. The number of nitrogens with one attached hydrogen (secondary N) is 1. The fourth-order valence-corrected chi connectivity index (χ4v) is 3.52. The summed E-state index contributed by atoms with van der Waals surface area (Å²) in [5, 5.41) is 0. The van der Waals surface area contributed by atoms with Gasteiger partial charge >= 0.3 is 0 Å². The van der Waals surface area contributed by atoms with Gasteiger partial charge in [0.2, 0.25) is 0 Å². The lowest BCUT2D eigenvalue weighted by Gasteiger charge is -2.37. The largest absolute Gasteiger partial charge is 0.299 e. The monoisotopic (exact) mass is 253 g/mol. The minimum Gasteiger partial charge on any atom is -0.299 e. The third-order valence-electron chi connectivity index (χ3n) is 5.00. The van der Waals surface area contributed by atoms with Crippen molar-refractivity contribution in [1.82, 2.24) is 5.48 Å². The standard InChI is InChI=1S/C16H31NO/c1-16(2,3)14-10-8-13(9-11-14)12-17-18-15-6-4-5-7-15/h13-15,17H,4-12H2,1-3H3. The van der Waals surface area contributed by atoms with Gasteiger partial charge in [-0.1, -0.05) is 33.6 Å². The highest BCUT2D eigenvalue weighted by molar-refractivity contribution is 4.80. The van der Waals surface area contributed by atoms with Gasteiger partial charge in [-0.05, 0) is 55.8 Å². The summed E-state index contributed by atoms with van der Waals surface area (Å²) in [6.45, 7) is 8.23. The third-order valence-corrected chi connectivity index (χ3v) is 5.00. The van der Waals surface area contributed by atoms with Crippen LogP contribution in [0.2, 0.25) is 0 Å². The molecule has 0 aliphatic heterocycles. The SMILES string of the molecule is CC(C)(C)C1CCC(CNOC2CCCC2)CC1. The van der Waals surface area contributed by atoms with Gasteiger partial charge in [-0.25, -0.2) is 5.48 Å². The van der Waals surface area contributed by atoms with Crippen molar-refractivity contribution in [2.75, 3.05) is 6.54 Å². The topological polar surface area (TPSA) is 21.3 Å². The van der Waals surface area contributed by atoms with Gasteiger partial charge in [0, 0.05) is 6.54 Å². The molecule has 0 atom stereocenters. The molecule has 0 aromatic heterocycles. The Bertz CT molecular complexity index is 232. The van der Waals surface area contributed by atoms with Crippen LogP contribution in [-0.4, -0.2) is 12.6 Å². The molecular formula is C16H31NO. The molecule has 2 nitrogen and oxygen atoms in total. The molecule has 18 heavy (non-hydrogen) atoms. The lowest BCUT2D eigenvalue weighted by Crippen LogP contribution is -2.32. The predicted octanol–water partition coefficient (Wildman–Crippen LogP) is 4.30. The maximum absolute atomic E-state index is 5.75. The number of hydrogen-bond donors (Lipinski definition) is 1. The molecule has 0 aromatic rings. The molecule has 2 aliphatic carbocycles. The zero-order valence-electron chi connectivity index (χ0n) is 12.5. The molecule has 2 saturated carbocycles. The minimum atomic E-state index is 0.496. The lowest BCUT2D eigenvalue weighted by atomic mass is 9.70. The molecule has 2 rings (SSSR count). The van der Waals surface area contributed by atoms with Crippen molar-refractivity contribution in [2.45, 2.75) is 78.2 Å². The van der Waals surface area contributed by atoms with Crippen LogP contribution >= 0.6 is 0 Å².